The Balaban J connectivity index is 1.81. The predicted octanol–water partition coefficient (Wildman–Crippen LogP) is 6.10. The fourth-order valence-corrected chi connectivity index (χ4v) is 5.76. The number of rotatable bonds is 9. The van der Waals surface area contributed by atoms with Gasteiger partial charge in [-0.15, -0.1) is 0 Å². The monoisotopic (exact) mass is 421 g/mol. The largest absolute Gasteiger partial charge is 0.489 e. The van der Waals surface area contributed by atoms with E-state index in [9.17, 15) is 5.11 Å². The van der Waals surface area contributed by atoms with E-state index in [2.05, 4.69) is 49.5 Å². The third-order valence-corrected chi connectivity index (χ3v) is 7.12. The van der Waals surface area contributed by atoms with Gasteiger partial charge >= 0.3 is 0 Å². The molecule has 0 heterocycles. The van der Waals surface area contributed by atoms with Gasteiger partial charge in [-0.05, 0) is 60.4 Å². The van der Waals surface area contributed by atoms with Gasteiger partial charge in [0.1, 0.15) is 18.0 Å². The van der Waals surface area contributed by atoms with Crippen molar-refractivity contribution in [1.82, 2.24) is 0 Å². The second-order valence-corrected chi connectivity index (χ2v) is 11.1. The molecule has 2 atom stereocenters. The SMILES string of the molecule is CCC(O)(c1cccc(OCc2ccc3ccccc3c2)c1)C(OC(C)C)[Si](C)C. The van der Waals surface area contributed by atoms with E-state index in [1.165, 1.54) is 10.8 Å². The van der Waals surface area contributed by atoms with E-state index in [0.29, 0.717) is 13.0 Å². The molecule has 0 aliphatic carbocycles. The van der Waals surface area contributed by atoms with Gasteiger partial charge in [-0.2, -0.15) is 0 Å². The lowest BCUT2D eigenvalue weighted by molar-refractivity contribution is -0.0987. The highest BCUT2D eigenvalue weighted by Crippen LogP contribution is 2.35. The molecule has 3 aromatic rings. The van der Waals surface area contributed by atoms with Crippen LogP contribution in [0.15, 0.2) is 66.7 Å². The van der Waals surface area contributed by atoms with E-state index in [1.54, 1.807) is 0 Å². The van der Waals surface area contributed by atoms with Crippen molar-refractivity contribution in [2.75, 3.05) is 0 Å². The lowest BCUT2D eigenvalue weighted by atomic mass is 9.91. The van der Waals surface area contributed by atoms with Crippen molar-refractivity contribution in [3.05, 3.63) is 77.9 Å². The van der Waals surface area contributed by atoms with Crippen LogP contribution >= 0.6 is 0 Å². The summed E-state index contributed by atoms with van der Waals surface area (Å²) in [5.74, 6) is 0.761. The molecule has 0 aliphatic rings. The van der Waals surface area contributed by atoms with Gasteiger partial charge in [-0.3, -0.25) is 0 Å². The first-order valence-corrected chi connectivity index (χ1v) is 13.3. The molecule has 30 heavy (non-hydrogen) atoms. The van der Waals surface area contributed by atoms with Crippen molar-refractivity contribution < 1.29 is 14.6 Å². The summed E-state index contributed by atoms with van der Waals surface area (Å²) in [4.78, 5) is 0. The van der Waals surface area contributed by atoms with Gasteiger partial charge in [0, 0.05) is 0 Å². The fourth-order valence-electron chi connectivity index (χ4n) is 3.89. The number of fused-ring (bicyclic) bond motifs is 1. The Bertz CT molecular complexity index is 969. The molecule has 3 aromatic carbocycles. The highest BCUT2D eigenvalue weighted by atomic mass is 28.3. The minimum atomic E-state index is -1.02. The summed E-state index contributed by atoms with van der Waals surface area (Å²) in [5, 5.41) is 14.1. The van der Waals surface area contributed by atoms with Gasteiger partial charge in [0.15, 0.2) is 0 Å². The normalized spacial score (nSPS) is 14.8. The molecule has 0 aliphatic heterocycles. The molecule has 3 nitrogen and oxygen atoms in total. The summed E-state index contributed by atoms with van der Waals surface area (Å²) < 4.78 is 12.3. The van der Waals surface area contributed by atoms with Gasteiger partial charge in [0.25, 0.3) is 0 Å². The fraction of sp³-hybridized carbons (Fsp3) is 0.385. The molecule has 0 aromatic heterocycles. The number of hydrogen-bond acceptors (Lipinski definition) is 3. The first kappa shape index (κ1) is 22.5. The standard InChI is InChI=1S/C26H33O3Si/c1-6-26(27,25(30(4)5)29-19(2)3)23-12-9-13-24(17-23)28-18-20-14-15-21-10-7-8-11-22(21)16-20/h7-17,19,25,27H,6,18H2,1-5H3. The number of ether oxygens (including phenoxy) is 2. The molecule has 0 saturated carbocycles. The highest BCUT2D eigenvalue weighted by molar-refractivity contribution is 6.57. The molecular formula is C26H33O3Si. The second kappa shape index (κ2) is 9.78. The van der Waals surface area contributed by atoms with Crippen molar-refractivity contribution >= 4 is 19.6 Å². The van der Waals surface area contributed by atoms with Crippen LogP contribution in [0.25, 0.3) is 10.8 Å². The zero-order valence-electron chi connectivity index (χ0n) is 18.7. The molecular weight excluding hydrogens is 388 g/mol. The Hall–Kier alpha value is -2.14. The van der Waals surface area contributed by atoms with Crippen LogP contribution in [0.2, 0.25) is 13.1 Å². The Morgan fingerprint density at radius 3 is 2.33 bits per heavy atom. The molecule has 2 unspecified atom stereocenters. The topological polar surface area (TPSA) is 38.7 Å². The van der Waals surface area contributed by atoms with E-state index < -0.39 is 14.4 Å². The van der Waals surface area contributed by atoms with Crippen LogP contribution in [-0.2, 0) is 16.9 Å². The second-order valence-electron chi connectivity index (χ2n) is 8.42. The predicted molar refractivity (Wildman–Crippen MR) is 126 cm³/mol. The minimum absolute atomic E-state index is 0.0697. The zero-order chi connectivity index (χ0) is 21.7. The highest BCUT2D eigenvalue weighted by Gasteiger charge is 2.40. The molecule has 159 valence electrons. The lowest BCUT2D eigenvalue weighted by Crippen LogP contribution is -2.49. The number of benzene rings is 3. The first-order valence-electron chi connectivity index (χ1n) is 10.7. The van der Waals surface area contributed by atoms with Crippen molar-refractivity contribution in [3.8, 4) is 5.75 Å². The van der Waals surface area contributed by atoms with Gasteiger partial charge < -0.3 is 14.6 Å². The van der Waals surface area contributed by atoms with E-state index in [1.807, 2.05) is 51.1 Å². The molecule has 0 fully saturated rings. The minimum Gasteiger partial charge on any atom is -0.489 e. The summed E-state index contributed by atoms with van der Waals surface area (Å²) in [6, 6.07) is 22.6. The zero-order valence-corrected chi connectivity index (χ0v) is 19.7. The summed E-state index contributed by atoms with van der Waals surface area (Å²) in [6.45, 7) is 10.9. The average Bonchev–Trinajstić information content (AvgIpc) is 2.75. The Morgan fingerprint density at radius 1 is 0.933 bits per heavy atom. The van der Waals surface area contributed by atoms with E-state index in [-0.39, 0.29) is 11.8 Å². The summed E-state index contributed by atoms with van der Waals surface area (Å²) in [5.41, 5.74) is 0.768. The van der Waals surface area contributed by atoms with Crippen molar-refractivity contribution in [3.63, 3.8) is 0 Å². The first-order chi connectivity index (χ1) is 14.3. The summed E-state index contributed by atoms with van der Waals surface area (Å²) >= 11 is 0. The van der Waals surface area contributed by atoms with Crippen LogP contribution < -0.4 is 4.74 Å². The maximum Gasteiger partial charge on any atom is 0.120 e. The van der Waals surface area contributed by atoms with Crippen LogP contribution in [0.4, 0.5) is 0 Å². The molecule has 0 bridgehead atoms. The maximum atomic E-state index is 11.6. The number of aliphatic hydroxyl groups is 1. The van der Waals surface area contributed by atoms with Gasteiger partial charge in [-0.25, -0.2) is 0 Å². The van der Waals surface area contributed by atoms with Crippen LogP contribution in [0.3, 0.4) is 0 Å². The van der Waals surface area contributed by atoms with Gasteiger partial charge in [-0.1, -0.05) is 68.5 Å². The van der Waals surface area contributed by atoms with Crippen molar-refractivity contribution in [2.24, 2.45) is 0 Å². The third-order valence-electron chi connectivity index (χ3n) is 5.46. The molecule has 0 spiro atoms. The van der Waals surface area contributed by atoms with Crippen LogP contribution in [0.5, 0.6) is 5.75 Å². The Kier molecular flexibility index (Phi) is 7.35. The quantitative estimate of drug-likeness (QED) is 0.424. The van der Waals surface area contributed by atoms with Crippen LogP contribution in [-0.4, -0.2) is 25.7 Å². The molecule has 4 heteroatoms. The summed E-state index contributed by atoms with van der Waals surface area (Å²) in [7, 11) is -0.885. The third kappa shape index (κ3) is 5.12. The average molecular weight is 422 g/mol. The van der Waals surface area contributed by atoms with Crippen LogP contribution in [0.1, 0.15) is 38.3 Å². The van der Waals surface area contributed by atoms with E-state index in [0.717, 1.165) is 16.9 Å². The lowest BCUT2D eigenvalue weighted by Gasteiger charge is -2.39. The number of hydrogen-bond donors (Lipinski definition) is 1. The van der Waals surface area contributed by atoms with Crippen molar-refractivity contribution in [2.45, 2.75) is 64.3 Å². The van der Waals surface area contributed by atoms with E-state index >= 15 is 0 Å². The molecule has 1 N–H and O–H groups in total. The Labute approximate surface area is 182 Å². The molecule has 0 amide bonds. The molecule has 0 saturated heterocycles. The van der Waals surface area contributed by atoms with Gasteiger partial charge in [0.05, 0.1) is 20.6 Å². The maximum absolute atomic E-state index is 11.6. The van der Waals surface area contributed by atoms with E-state index in [4.69, 9.17) is 9.47 Å². The van der Waals surface area contributed by atoms with Gasteiger partial charge in [0.2, 0.25) is 0 Å². The molecule has 1 radical (unpaired) electrons. The smallest absolute Gasteiger partial charge is 0.120 e. The van der Waals surface area contributed by atoms with Crippen LogP contribution in [0, 0.1) is 0 Å². The van der Waals surface area contributed by atoms with Crippen molar-refractivity contribution in [1.29, 1.82) is 0 Å². The summed E-state index contributed by atoms with van der Waals surface area (Å²) in [6.07, 6.45) is 0.661. The Morgan fingerprint density at radius 2 is 1.67 bits per heavy atom. The molecule has 3 rings (SSSR count).